The molecule has 0 radical (unpaired) electrons. The number of carbonyl (C=O) groups is 1. The molecule has 0 spiro atoms. The molecular weight excluding hydrogens is 274 g/mol. The SMILES string of the molecule is Cc1cc(N)ccc1NC(=O)CCCN(C)c1ccccc1. The van der Waals surface area contributed by atoms with Crippen molar-refractivity contribution in [3.63, 3.8) is 0 Å². The summed E-state index contributed by atoms with van der Waals surface area (Å²) in [6.07, 6.45) is 1.31. The van der Waals surface area contributed by atoms with Gasteiger partial charge in [-0.15, -0.1) is 0 Å². The van der Waals surface area contributed by atoms with E-state index >= 15 is 0 Å². The van der Waals surface area contributed by atoms with Crippen molar-refractivity contribution in [3.8, 4) is 0 Å². The first kappa shape index (κ1) is 15.9. The Morgan fingerprint density at radius 2 is 1.91 bits per heavy atom. The van der Waals surface area contributed by atoms with Gasteiger partial charge in [0, 0.05) is 37.1 Å². The summed E-state index contributed by atoms with van der Waals surface area (Å²) in [7, 11) is 2.04. The molecule has 0 unspecified atom stereocenters. The number of nitrogen functional groups attached to an aromatic ring is 1. The van der Waals surface area contributed by atoms with E-state index in [0.29, 0.717) is 12.1 Å². The van der Waals surface area contributed by atoms with Crippen molar-refractivity contribution in [3.05, 3.63) is 54.1 Å². The molecule has 0 fully saturated rings. The second-order valence-corrected chi connectivity index (χ2v) is 5.48. The van der Waals surface area contributed by atoms with Gasteiger partial charge in [-0.3, -0.25) is 4.79 Å². The second-order valence-electron chi connectivity index (χ2n) is 5.48. The molecule has 0 aliphatic carbocycles. The zero-order valence-corrected chi connectivity index (χ0v) is 13.2. The van der Waals surface area contributed by atoms with Crippen LogP contribution in [0, 0.1) is 6.92 Å². The summed E-state index contributed by atoms with van der Waals surface area (Å²) in [4.78, 5) is 14.2. The third-order valence-corrected chi connectivity index (χ3v) is 3.62. The van der Waals surface area contributed by atoms with Gasteiger partial charge < -0.3 is 16.0 Å². The lowest BCUT2D eigenvalue weighted by molar-refractivity contribution is -0.116. The lowest BCUT2D eigenvalue weighted by Crippen LogP contribution is -2.20. The van der Waals surface area contributed by atoms with Crippen LogP contribution in [0.3, 0.4) is 0 Å². The highest BCUT2D eigenvalue weighted by Gasteiger charge is 2.06. The summed E-state index contributed by atoms with van der Waals surface area (Å²) in [5.41, 5.74) is 9.39. The van der Waals surface area contributed by atoms with Gasteiger partial charge in [-0.25, -0.2) is 0 Å². The first-order chi connectivity index (χ1) is 10.6. The summed E-state index contributed by atoms with van der Waals surface area (Å²) < 4.78 is 0. The number of nitrogens with one attached hydrogen (secondary N) is 1. The molecule has 116 valence electrons. The summed E-state index contributed by atoms with van der Waals surface area (Å²) >= 11 is 0. The molecule has 3 N–H and O–H groups in total. The minimum atomic E-state index is 0.0364. The average molecular weight is 297 g/mol. The van der Waals surface area contributed by atoms with E-state index in [1.165, 1.54) is 0 Å². The van der Waals surface area contributed by atoms with Crippen molar-refractivity contribution in [1.82, 2.24) is 0 Å². The molecule has 2 rings (SSSR count). The van der Waals surface area contributed by atoms with Crippen LogP contribution in [0.25, 0.3) is 0 Å². The van der Waals surface area contributed by atoms with E-state index in [1.807, 2.05) is 44.3 Å². The predicted octanol–water partition coefficient (Wildman–Crippen LogP) is 3.43. The van der Waals surface area contributed by atoms with Gasteiger partial charge in [0.05, 0.1) is 0 Å². The van der Waals surface area contributed by atoms with Crippen molar-refractivity contribution >= 4 is 23.0 Å². The van der Waals surface area contributed by atoms with E-state index in [0.717, 1.165) is 29.9 Å². The van der Waals surface area contributed by atoms with Gasteiger partial charge in [0.15, 0.2) is 0 Å². The van der Waals surface area contributed by atoms with Crippen molar-refractivity contribution in [1.29, 1.82) is 0 Å². The first-order valence-electron chi connectivity index (χ1n) is 7.48. The van der Waals surface area contributed by atoms with E-state index in [2.05, 4.69) is 22.3 Å². The normalized spacial score (nSPS) is 10.3. The molecule has 2 aromatic rings. The predicted molar refractivity (Wildman–Crippen MR) is 93.2 cm³/mol. The number of hydrogen-bond donors (Lipinski definition) is 2. The van der Waals surface area contributed by atoms with E-state index in [9.17, 15) is 4.79 Å². The first-order valence-corrected chi connectivity index (χ1v) is 7.48. The van der Waals surface area contributed by atoms with Gasteiger partial charge >= 0.3 is 0 Å². The standard InChI is InChI=1S/C18H23N3O/c1-14-13-15(19)10-11-17(14)20-18(22)9-6-12-21(2)16-7-4-3-5-8-16/h3-5,7-8,10-11,13H,6,9,12,19H2,1-2H3,(H,20,22). The van der Waals surface area contributed by atoms with E-state index < -0.39 is 0 Å². The van der Waals surface area contributed by atoms with Crippen LogP contribution in [-0.4, -0.2) is 19.5 Å². The van der Waals surface area contributed by atoms with Gasteiger partial charge in [0.2, 0.25) is 5.91 Å². The molecule has 0 aliphatic rings. The third kappa shape index (κ3) is 4.52. The smallest absolute Gasteiger partial charge is 0.224 e. The fourth-order valence-corrected chi connectivity index (χ4v) is 2.33. The van der Waals surface area contributed by atoms with Crippen molar-refractivity contribution in [2.45, 2.75) is 19.8 Å². The number of carbonyl (C=O) groups excluding carboxylic acids is 1. The van der Waals surface area contributed by atoms with Crippen LogP contribution in [0.1, 0.15) is 18.4 Å². The van der Waals surface area contributed by atoms with E-state index in [4.69, 9.17) is 5.73 Å². The summed E-state index contributed by atoms with van der Waals surface area (Å²) in [5.74, 6) is 0.0364. The maximum Gasteiger partial charge on any atom is 0.224 e. The Morgan fingerprint density at radius 3 is 2.59 bits per heavy atom. The highest BCUT2D eigenvalue weighted by atomic mass is 16.1. The average Bonchev–Trinajstić information content (AvgIpc) is 2.51. The molecule has 0 saturated heterocycles. The molecule has 0 aliphatic heterocycles. The van der Waals surface area contributed by atoms with Crippen LogP contribution in [0.4, 0.5) is 17.1 Å². The van der Waals surface area contributed by atoms with Crippen molar-refractivity contribution < 1.29 is 4.79 Å². The number of amides is 1. The highest BCUT2D eigenvalue weighted by molar-refractivity contribution is 5.91. The van der Waals surface area contributed by atoms with E-state index in [-0.39, 0.29) is 5.91 Å². The molecule has 1 amide bonds. The number of anilines is 3. The van der Waals surface area contributed by atoms with Crippen LogP contribution in [0.15, 0.2) is 48.5 Å². The summed E-state index contributed by atoms with van der Waals surface area (Å²) in [6, 6.07) is 15.7. The zero-order valence-electron chi connectivity index (χ0n) is 13.2. The molecule has 0 heterocycles. The summed E-state index contributed by atoms with van der Waals surface area (Å²) in [6.45, 7) is 2.79. The minimum Gasteiger partial charge on any atom is -0.399 e. The number of hydrogen-bond acceptors (Lipinski definition) is 3. The van der Waals surface area contributed by atoms with Gasteiger partial charge in [-0.1, -0.05) is 18.2 Å². The molecule has 2 aromatic carbocycles. The monoisotopic (exact) mass is 297 g/mol. The van der Waals surface area contributed by atoms with Crippen LogP contribution in [0.5, 0.6) is 0 Å². The zero-order chi connectivity index (χ0) is 15.9. The van der Waals surface area contributed by atoms with Crippen molar-refractivity contribution in [2.24, 2.45) is 0 Å². The van der Waals surface area contributed by atoms with Crippen LogP contribution in [-0.2, 0) is 4.79 Å². The second kappa shape index (κ2) is 7.50. The third-order valence-electron chi connectivity index (χ3n) is 3.62. The molecule has 4 heteroatoms. The van der Waals surface area contributed by atoms with Crippen molar-refractivity contribution in [2.75, 3.05) is 29.5 Å². The maximum absolute atomic E-state index is 12.0. The van der Waals surface area contributed by atoms with Crippen LogP contribution in [0.2, 0.25) is 0 Å². The molecule has 4 nitrogen and oxygen atoms in total. The largest absolute Gasteiger partial charge is 0.399 e. The lowest BCUT2D eigenvalue weighted by Gasteiger charge is -2.19. The molecule has 0 atom stereocenters. The number of nitrogens with two attached hydrogens (primary N) is 1. The number of aryl methyl sites for hydroxylation is 1. The van der Waals surface area contributed by atoms with Gasteiger partial charge in [0.25, 0.3) is 0 Å². The fourth-order valence-electron chi connectivity index (χ4n) is 2.33. The van der Waals surface area contributed by atoms with Gasteiger partial charge in [-0.05, 0) is 49.2 Å². The van der Waals surface area contributed by atoms with Gasteiger partial charge in [0.1, 0.15) is 0 Å². The molecule has 0 bridgehead atoms. The molecule has 22 heavy (non-hydrogen) atoms. The number of benzene rings is 2. The molecule has 0 aromatic heterocycles. The number of nitrogens with zero attached hydrogens (tertiary/aromatic N) is 1. The van der Waals surface area contributed by atoms with Crippen LogP contribution >= 0.6 is 0 Å². The number of rotatable bonds is 6. The Kier molecular flexibility index (Phi) is 5.42. The van der Waals surface area contributed by atoms with E-state index in [1.54, 1.807) is 6.07 Å². The summed E-state index contributed by atoms with van der Waals surface area (Å²) in [5, 5.41) is 2.94. The Labute approximate surface area is 131 Å². The Hall–Kier alpha value is -2.49. The number of para-hydroxylation sites is 1. The lowest BCUT2D eigenvalue weighted by atomic mass is 10.1. The Balaban J connectivity index is 1.78. The molecular formula is C18H23N3O. The van der Waals surface area contributed by atoms with Gasteiger partial charge in [-0.2, -0.15) is 0 Å². The minimum absolute atomic E-state index is 0.0364. The fraction of sp³-hybridized carbons (Fsp3) is 0.278. The quantitative estimate of drug-likeness (QED) is 0.803. The molecule has 0 saturated carbocycles. The Morgan fingerprint density at radius 1 is 1.18 bits per heavy atom. The topological polar surface area (TPSA) is 58.4 Å². The maximum atomic E-state index is 12.0. The highest BCUT2D eigenvalue weighted by Crippen LogP contribution is 2.18. The van der Waals surface area contributed by atoms with Crippen LogP contribution < -0.4 is 16.0 Å². The Bertz CT molecular complexity index is 625.